The first-order chi connectivity index (χ1) is 11.1. The molecule has 1 N–H and O–H groups in total. The van der Waals surface area contributed by atoms with Gasteiger partial charge in [-0.3, -0.25) is 4.79 Å². The highest BCUT2D eigenvalue weighted by atomic mass is 19.1. The van der Waals surface area contributed by atoms with Crippen LogP contribution in [0.15, 0.2) is 48.5 Å². The van der Waals surface area contributed by atoms with Gasteiger partial charge in [-0.2, -0.15) is 0 Å². The van der Waals surface area contributed by atoms with Gasteiger partial charge < -0.3 is 10.1 Å². The Labute approximate surface area is 136 Å². The highest BCUT2D eigenvalue weighted by Crippen LogP contribution is 2.15. The van der Waals surface area contributed by atoms with Gasteiger partial charge in [0.15, 0.2) is 6.10 Å². The molecule has 1 atom stereocenters. The summed E-state index contributed by atoms with van der Waals surface area (Å²) >= 11 is 0. The van der Waals surface area contributed by atoms with Crippen molar-refractivity contribution in [2.45, 2.75) is 39.2 Å². The Kier molecular flexibility index (Phi) is 6.15. The second-order valence-electron chi connectivity index (χ2n) is 5.50. The molecule has 3 nitrogen and oxygen atoms in total. The fourth-order valence-electron chi connectivity index (χ4n) is 2.15. The SMILES string of the molecule is CCCCc1ccc(NC(=O)[C@H](C)Oc2ccc(F)cc2)cc1. The summed E-state index contributed by atoms with van der Waals surface area (Å²) in [6.07, 6.45) is 2.71. The number of carbonyl (C=O) groups is 1. The first-order valence-electron chi connectivity index (χ1n) is 7.90. The van der Waals surface area contributed by atoms with E-state index < -0.39 is 6.10 Å². The standard InChI is InChI=1S/C19H22FNO2/c1-3-4-5-15-6-10-17(11-7-15)21-19(22)14(2)23-18-12-8-16(20)9-13-18/h6-14H,3-5H2,1-2H3,(H,21,22)/t14-/m0/s1. The number of unbranched alkanes of at least 4 members (excludes halogenated alkanes) is 1. The predicted molar refractivity (Wildman–Crippen MR) is 90.2 cm³/mol. The van der Waals surface area contributed by atoms with Gasteiger partial charge >= 0.3 is 0 Å². The van der Waals surface area contributed by atoms with Crippen molar-refractivity contribution in [2.24, 2.45) is 0 Å². The molecule has 0 aliphatic carbocycles. The largest absolute Gasteiger partial charge is 0.481 e. The highest BCUT2D eigenvalue weighted by molar-refractivity contribution is 5.94. The van der Waals surface area contributed by atoms with E-state index in [4.69, 9.17) is 4.74 Å². The molecule has 0 saturated heterocycles. The molecule has 0 aromatic heterocycles. The van der Waals surface area contributed by atoms with Gasteiger partial charge in [-0.05, 0) is 61.7 Å². The van der Waals surface area contributed by atoms with E-state index in [2.05, 4.69) is 12.2 Å². The molecule has 0 unspecified atom stereocenters. The fraction of sp³-hybridized carbons (Fsp3) is 0.316. The molecular formula is C19H22FNO2. The molecule has 2 aromatic rings. The molecular weight excluding hydrogens is 293 g/mol. The van der Waals surface area contributed by atoms with E-state index in [0.717, 1.165) is 24.9 Å². The maximum Gasteiger partial charge on any atom is 0.265 e. The molecule has 0 bridgehead atoms. The molecule has 0 aliphatic heterocycles. The summed E-state index contributed by atoms with van der Waals surface area (Å²) < 4.78 is 18.3. The van der Waals surface area contributed by atoms with Crippen molar-refractivity contribution in [3.8, 4) is 5.75 Å². The number of benzene rings is 2. The molecule has 0 heterocycles. The quantitative estimate of drug-likeness (QED) is 0.812. The topological polar surface area (TPSA) is 38.3 Å². The van der Waals surface area contributed by atoms with Crippen molar-refractivity contribution >= 4 is 11.6 Å². The van der Waals surface area contributed by atoms with Crippen LogP contribution >= 0.6 is 0 Å². The summed E-state index contributed by atoms with van der Waals surface area (Å²) in [4.78, 5) is 12.1. The van der Waals surface area contributed by atoms with Gasteiger partial charge in [0.1, 0.15) is 11.6 Å². The van der Waals surface area contributed by atoms with E-state index in [1.54, 1.807) is 6.92 Å². The summed E-state index contributed by atoms with van der Waals surface area (Å²) in [6, 6.07) is 13.4. The second kappa shape index (κ2) is 8.32. The zero-order valence-corrected chi connectivity index (χ0v) is 13.5. The van der Waals surface area contributed by atoms with Crippen molar-refractivity contribution < 1.29 is 13.9 Å². The van der Waals surface area contributed by atoms with E-state index >= 15 is 0 Å². The van der Waals surface area contributed by atoms with Crippen LogP contribution in [0.4, 0.5) is 10.1 Å². The number of halogens is 1. The third-order valence-corrected chi connectivity index (χ3v) is 3.54. The lowest BCUT2D eigenvalue weighted by molar-refractivity contribution is -0.122. The molecule has 0 aliphatic rings. The number of anilines is 1. The third-order valence-electron chi connectivity index (χ3n) is 3.54. The Hall–Kier alpha value is -2.36. The number of aryl methyl sites for hydroxylation is 1. The molecule has 23 heavy (non-hydrogen) atoms. The molecule has 0 fully saturated rings. The van der Waals surface area contributed by atoms with E-state index in [9.17, 15) is 9.18 Å². The molecule has 122 valence electrons. The van der Waals surface area contributed by atoms with Gasteiger partial charge in [-0.25, -0.2) is 4.39 Å². The van der Waals surface area contributed by atoms with Gasteiger partial charge in [0.2, 0.25) is 0 Å². The average Bonchev–Trinajstić information content (AvgIpc) is 2.56. The van der Waals surface area contributed by atoms with Crippen molar-refractivity contribution in [1.82, 2.24) is 0 Å². The van der Waals surface area contributed by atoms with Gasteiger partial charge in [-0.1, -0.05) is 25.5 Å². The lowest BCUT2D eigenvalue weighted by Gasteiger charge is -2.15. The molecule has 1 amide bonds. The number of hydrogen-bond donors (Lipinski definition) is 1. The zero-order chi connectivity index (χ0) is 16.7. The molecule has 2 rings (SSSR count). The predicted octanol–water partition coefficient (Wildman–Crippen LogP) is 4.57. The maximum absolute atomic E-state index is 12.8. The minimum Gasteiger partial charge on any atom is -0.481 e. The van der Waals surface area contributed by atoms with Gasteiger partial charge in [0, 0.05) is 5.69 Å². The first-order valence-corrected chi connectivity index (χ1v) is 7.90. The van der Waals surface area contributed by atoms with Crippen LogP contribution in [0.1, 0.15) is 32.3 Å². The minimum atomic E-state index is -0.666. The number of carbonyl (C=O) groups excluding carboxylic acids is 1. The Balaban J connectivity index is 1.88. The number of nitrogens with one attached hydrogen (secondary N) is 1. The molecule has 0 spiro atoms. The van der Waals surface area contributed by atoms with Crippen LogP contribution in [0, 0.1) is 5.82 Å². The number of rotatable bonds is 7. The molecule has 0 saturated carbocycles. The summed E-state index contributed by atoms with van der Waals surface area (Å²) in [6.45, 7) is 3.82. The van der Waals surface area contributed by atoms with E-state index in [0.29, 0.717) is 5.75 Å². The first kappa shape index (κ1) is 17.0. The van der Waals surface area contributed by atoms with Crippen LogP contribution < -0.4 is 10.1 Å². The Bertz CT molecular complexity index is 623. The Morgan fingerprint density at radius 3 is 2.39 bits per heavy atom. The number of hydrogen-bond acceptors (Lipinski definition) is 2. The maximum atomic E-state index is 12.8. The minimum absolute atomic E-state index is 0.240. The van der Waals surface area contributed by atoms with Crippen molar-refractivity contribution in [3.63, 3.8) is 0 Å². The average molecular weight is 315 g/mol. The lowest BCUT2D eigenvalue weighted by Crippen LogP contribution is -2.30. The third kappa shape index (κ3) is 5.40. The van der Waals surface area contributed by atoms with E-state index in [1.165, 1.54) is 29.8 Å². The normalized spacial score (nSPS) is 11.8. The monoisotopic (exact) mass is 315 g/mol. The van der Waals surface area contributed by atoms with Gasteiger partial charge in [0.25, 0.3) is 5.91 Å². The van der Waals surface area contributed by atoms with Gasteiger partial charge in [0.05, 0.1) is 0 Å². The van der Waals surface area contributed by atoms with Crippen LogP contribution in [0.2, 0.25) is 0 Å². The van der Waals surface area contributed by atoms with Crippen molar-refractivity contribution in [1.29, 1.82) is 0 Å². The Morgan fingerprint density at radius 2 is 1.78 bits per heavy atom. The highest BCUT2D eigenvalue weighted by Gasteiger charge is 2.14. The van der Waals surface area contributed by atoms with Crippen LogP contribution in [0.25, 0.3) is 0 Å². The summed E-state index contributed by atoms with van der Waals surface area (Å²) in [5, 5.41) is 2.82. The van der Waals surface area contributed by atoms with Crippen LogP contribution in [-0.2, 0) is 11.2 Å². The van der Waals surface area contributed by atoms with Gasteiger partial charge in [-0.15, -0.1) is 0 Å². The van der Waals surface area contributed by atoms with Crippen molar-refractivity contribution in [3.05, 3.63) is 59.9 Å². The summed E-state index contributed by atoms with van der Waals surface area (Å²) in [5.74, 6) is -0.114. The van der Waals surface area contributed by atoms with Crippen LogP contribution in [0.3, 0.4) is 0 Å². The lowest BCUT2D eigenvalue weighted by atomic mass is 10.1. The fourth-order valence-corrected chi connectivity index (χ4v) is 2.15. The number of ether oxygens (including phenoxy) is 1. The van der Waals surface area contributed by atoms with E-state index in [1.807, 2.05) is 24.3 Å². The molecule has 2 aromatic carbocycles. The molecule has 4 heteroatoms. The summed E-state index contributed by atoms with van der Waals surface area (Å²) in [7, 11) is 0. The summed E-state index contributed by atoms with van der Waals surface area (Å²) in [5.41, 5.74) is 2.00. The zero-order valence-electron chi connectivity index (χ0n) is 13.5. The smallest absolute Gasteiger partial charge is 0.265 e. The van der Waals surface area contributed by atoms with Crippen LogP contribution in [0.5, 0.6) is 5.75 Å². The molecule has 0 radical (unpaired) electrons. The Morgan fingerprint density at radius 1 is 1.13 bits per heavy atom. The number of amides is 1. The van der Waals surface area contributed by atoms with Crippen LogP contribution in [-0.4, -0.2) is 12.0 Å². The van der Waals surface area contributed by atoms with E-state index in [-0.39, 0.29) is 11.7 Å². The van der Waals surface area contributed by atoms with Crippen molar-refractivity contribution in [2.75, 3.05) is 5.32 Å². The second-order valence-corrected chi connectivity index (χ2v) is 5.50.